The van der Waals surface area contributed by atoms with Crippen molar-refractivity contribution in [3.8, 4) is 17.4 Å². The zero-order valence-electron chi connectivity index (χ0n) is 25.8. The Hall–Kier alpha value is -4.81. The number of carbonyl (C=O) groups is 2. The van der Waals surface area contributed by atoms with Crippen molar-refractivity contribution < 1.29 is 47.6 Å². The SMILES string of the molecule is CCCc1c(OCCCC/C=C\C=C\[C@H](Sc2ccc3c(=O)cc(OC(=O)O)oc3c2)[C@H](O)c2cc(F)co2)ccc(C(C)=O)c1O. The molecule has 4 rings (SSSR count). The number of ketones is 1. The van der Waals surface area contributed by atoms with E-state index in [0.29, 0.717) is 29.2 Å². The van der Waals surface area contributed by atoms with Crippen LogP contribution in [0, 0.1) is 5.82 Å². The lowest BCUT2D eigenvalue weighted by Gasteiger charge is -2.18. The molecule has 12 heteroatoms. The standard InChI is InChI=1S/C35H35FO10S/c1-3-10-26-28(15-14-24(21(2)37)33(26)39)43-16-9-7-5-4-6-8-11-31(34(40)30-17-22(36)20-44-30)47-23-12-13-25-27(38)19-32(46-35(41)42)45-29(25)18-23/h4,6,8,11-15,17-20,31,34,39-40H,3,5,7,9-10,16H2,1-2H3,(H,41,42)/b6-4-,11-8+/t31-,34+/m0/s1. The first-order valence-electron chi connectivity index (χ1n) is 15.0. The van der Waals surface area contributed by atoms with Crippen molar-refractivity contribution in [2.75, 3.05) is 6.61 Å². The van der Waals surface area contributed by atoms with Crippen LogP contribution in [0.15, 0.2) is 91.6 Å². The molecule has 0 saturated carbocycles. The lowest BCUT2D eigenvalue weighted by Crippen LogP contribution is -2.12. The molecule has 0 fully saturated rings. The van der Waals surface area contributed by atoms with Crippen molar-refractivity contribution >= 4 is 34.7 Å². The van der Waals surface area contributed by atoms with E-state index in [1.54, 1.807) is 30.4 Å². The summed E-state index contributed by atoms with van der Waals surface area (Å²) >= 11 is 1.20. The molecule has 2 aromatic heterocycles. The molecular weight excluding hydrogens is 631 g/mol. The van der Waals surface area contributed by atoms with E-state index >= 15 is 0 Å². The topological polar surface area (TPSA) is 157 Å². The molecule has 4 aromatic rings. The maximum Gasteiger partial charge on any atom is 0.513 e. The lowest BCUT2D eigenvalue weighted by atomic mass is 10.0. The number of Topliss-reactive ketones (excluding diaryl/α,β-unsaturated/α-hetero) is 1. The number of phenolic OH excluding ortho intramolecular Hbond substituents is 1. The number of benzene rings is 2. The van der Waals surface area contributed by atoms with Crippen LogP contribution in [0.2, 0.25) is 0 Å². The molecule has 0 unspecified atom stereocenters. The van der Waals surface area contributed by atoms with Gasteiger partial charge in [0.05, 0.1) is 28.9 Å². The van der Waals surface area contributed by atoms with Gasteiger partial charge < -0.3 is 33.6 Å². The number of halogens is 1. The second-order valence-corrected chi connectivity index (χ2v) is 11.8. The summed E-state index contributed by atoms with van der Waals surface area (Å²) in [5.74, 6) is -0.704. The molecule has 0 bridgehead atoms. The first-order valence-corrected chi connectivity index (χ1v) is 15.8. The van der Waals surface area contributed by atoms with E-state index in [0.717, 1.165) is 44.1 Å². The Morgan fingerprint density at radius 2 is 1.91 bits per heavy atom. The van der Waals surface area contributed by atoms with E-state index in [1.165, 1.54) is 30.8 Å². The van der Waals surface area contributed by atoms with Crippen molar-refractivity contribution in [1.29, 1.82) is 0 Å². The molecule has 47 heavy (non-hydrogen) atoms. The van der Waals surface area contributed by atoms with Gasteiger partial charge in [-0.25, -0.2) is 9.18 Å². The van der Waals surface area contributed by atoms with E-state index in [4.69, 9.17) is 18.7 Å². The molecule has 0 radical (unpaired) electrons. The lowest BCUT2D eigenvalue weighted by molar-refractivity contribution is 0.101. The number of rotatable bonds is 16. The normalized spacial score (nSPS) is 12.9. The van der Waals surface area contributed by atoms with Crippen LogP contribution in [-0.2, 0) is 6.42 Å². The highest BCUT2D eigenvalue weighted by atomic mass is 32.2. The molecule has 2 aromatic carbocycles. The van der Waals surface area contributed by atoms with E-state index in [2.05, 4.69) is 4.74 Å². The zero-order valence-corrected chi connectivity index (χ0v) is 26.6. The number of thioether (sulfide) groups is 1. The van der Waals surface area contributed by atoms with Crippen molar-refractivity contribution in [2.24, 2.45) is 0 Å². The number of hydrogen-bond acceptors (Lipinski definition) is 10. The first kappa shape index (κ1) is 35.1. The van der Waals surface area contributed by atoms with Gasteiger partial charge in [0.15, 0.2) is 17.0 Å². The first-order chi connectivity index (χ1) is 22.6. The number of carbonyl (C=O) groups excluding carboxylic acids is 1. The van der Waals surface area contributed by atoms with E-state index in [1.807, 2.05) is 19.1 Å². The van der Waals surface area contributed by atoms with E-state index in [9.17, 15) is 29.0 Å². The van der Waals surface area contributed by atoms with Crippen LogP contribution in [0.1, 0.15) is 67.3 Å². The largest absolute Gasteiger partial charge is 0.513 e. The molecule has 0 saturated heterocycles. The van der Waals surface area contributed by atoms with E-state index < -0.39 is 34.7 Å². The summed E-state index contributed by atoms with van der Waals surface area (Å²) in [6, 6.07) is 10.0. The Balaban J connectivity index is 1.37. The fourth-order valence-corrected chi connectivity index (χ4v) is 5.83. The molecule has 0 aliphatic carbocycles. The van der Waals surface area contributed by atoms with Crippen LogP contribution in [0.25, 0.3) is 11.0 Å². The third-order valence-corrected chi connectivity index (χ3v) is 8.23. The summed E-state index contributed by atoms with van der Waals surface area (Å²) in [6.45, 7) is 3.85. The number of carboxylic acid groups (broad SMARTS) is 1. The quantitative estimate of drug-likeness (QED) is 0.0350. The van der Waals surface area contributed by atoms with Crippen LogP contribution < -0.4 is 14.9 Å². The Bertz CT molecular complexity index is 1820. The fraction of sp³-hybridized carbons (Fsp3) is 0.286. The molecule has 0 aliphatic rings. The molecule has 0 spiro atoms. The molecule has 2 heterocycles. The van der Waals surface area contributed by atoms with Gasteiger partial charge in [0.25, 0.3) is 5.95 Å². The number of aliphatic hydroxyl groups excluding tert-OH is 1. The zero-order chi connectivity index (χ0) is 33.9. The van der Waals surface area contributed by atoms with Crippen molar-refractivity contribution in [3.05, 3.63) is 106 Å². The van der Waals surface area contributed by atoms with Crippen LogP contribution >= 0.6 is 11.8 Å². The van der Waals surface area contributed by atoms with Gasteiger partial charge in [-0.2, -0.15) is 0 Å². The molecule has 248 valence electrons. The van der Waals surface area contributed by atoms with Gasteiger partial charge in [-0.05, 0) is 62.9 Å². The summed E-state index contributed by atoms with van der Waals surface area (Å²) in [4.78, 5) is 35.6. The molecule has 0 amide bonds. The smallest absolute Gasteiger partial charge is 0.507 e. The highest BCUT2D eigenvalue weighted by Gasteiger charge is 2.24. The number of aliphatic hydroxyl groups is 1. The summed E-state index contributed by atoms with van der Waals surface area (Å²) < 4.78 is 34.7. The summed E-state index contributed by atoms with van der Waals surface area (Å²) in [7, 11) is 0. The van der Waals surface area contributed by atoms with Gasteiger partial charge in [0.2, 0.25) is 0 Å². The highest BCUT2D eigenvalue weighted by Crippen LogP contribution is 2.36. The number of furan rings is 1. The van der Waals surface area contributed by atoms with Gasteiger partial charge >= 0.3 is 6.16 Å². The minimum atomic E-state index is -1.63. The molecule has 2 atom stereocenters. The van der Waals surface area contributed by atoms with E-state index in [-0.39, 0.29) is 33.8 Å². The van der Waals surface area contributed by atoms with Gasteiger partial charge in [0.1, 0.15) is 35.2 Å². The number of unbranched alkanes of at least 4 members (excludes halogenated alkanes) is 2. The minimum Gasteiger partial charge on any atom is -0.507 e. The fourth-order valence-electron chi connectivity index (χ4n) is 4.76. The Morgan fingerprint density at radius 3 is 2.62 bits per heavy atom. The van der Waals surface area contributed by atoms with Crippen LogP contribution in [-0.4, -0.2) is 39.1 Å². The van der Waals surface area contributed by atoms with Gasteiger partial charge in [-0.3, -0.25) is 9.59 Å². The Kier molecular flexibility index (Phi) is 12.4. The van der Waals surface area contributed by atoms with Crippen molar-refractivity contribution in [3.63, 3.8) is 0 Å². The maximum atomic E-state index is 13.6. The van der Waals surface area contributed by atoms with Gasteiger partial charge in [0, 0.05) is 16.5 Å². The average Bonchev–Trinajstić information content (AvgIpc) is 3.46. The second-order valence-electron chi connectivity index (χ2n) is 10.6. The number of phenols is 1. The van der Waals surface area contributed by atoms with Crippen molar-refractivity contribution in [1.82, 2.24) is 0 Å². The van der Waals surface area contributed by atoms with Gasteiger partial charge in [-0.1, -0.05) is 37.6 Å². The highest BCUT2D eigenvalue weighted by molar-refractivity contribution is 8.00. The maximum absolute atomic E-state index is 13.6. The minimum absolute atomic E-state index is 0.0166. The number of ether oxygens (including phenoxy) is 2. The van der Waals surface area contributed by atoms with Crippen LogP contribution in [0.4, 0.5) is 9.18 Å². The number of aromatic hydroxyl groups is 1. The van der Waals surface area contributed by atoms with Gasteiger partial charge in [-0.15, -0.1) is 11.8 Å². The third kappa shape index (κ3) is 9.60. The Labute approximate surface area is 274 Å². The molecule has 0 aliphatic heterocycles. The summed E-state index contributed by atoms with van der Waals surface area (Å²) in [6.07, 6.45) is 9.05. The molecule has 10 nitrogen and oxygen atoms in total. The predicted molar refractivity (Wildman–Crippen MR) is 174 cm³/mol. The summed E-state index contributed by atoms with van der Waals surface area (Å²) in [5.41, 5.74) is 0.538. The summed E-state index contributed by atoms with van der Waals surface area (Å²) in [5, 5.41) is 29.9. The van der Waals surface area contributed by atoms with Crippen LogP contribution in [0.5, 0.6) is 17.4 Å². The average molecular weight is 667 g/mol. The molecular formula is C35H35FO10S. The monoisotopic (exact) mass is 666 g/mol. The number of allylic oxidation sites excluding steroid dienone is 3. The second kappa shape index (κ2) is 16.7. The Morgan fingerprint density at radius 1 is 1.11 bits per heavy atom. The molecule has 3 N–H and O–H groups in total. The van der Waals surface area contributed by atoms with Crippen LogP contribution in [0.3, 0.4) is 0 Å². The predicted octanol–water partition coefficient (Wildman–Crippen LogP) is 8.00. The number of fused-ring (bicyclic) bond motifs is 1. The third-order valence-electron chi connectivity index (χ3n) is 7.02. The van der Waals surface area contributed by atoms with Crippen molar-refractivity contribution in [2.45, 2.75) is 62.2 Å². The number of hydrogen-bond donors (Lipinski definition) is 3.